The molecule has 0 aromatic carbocycles. The molecule has 4 nitrogen and oxygen atoms in total. The Morgan fingerprint density at radius 1 is 1.50 bits per heavy atom. The molecule has 2 aliphatic heterocycles. The van der Waals surface area contributed by atoms with Gasteiger partial charge in [0.25, 0.3) is 0 Å². The van der Waals surface area contributed by atoms with Crippen molar-refractivity contribution in [2.24, 2.45) is 0 Å². The number of nitrogens with zero attached hydrogens (tertiary/aromatic N) is 2. The van der Waals surface area contributed by atoms with Crippen molar-refractivity contribution in [2.45, 2.75) is 31.8 Å². The Bertz CT molecular complexity index is 473. The Labute approximate surface area is 124 Å². The van der Waals surface area contributed by atoms with E-state index in [2.05, 4.69) is 21.7 Å². The zero-order valence-electron chi connectivity index (χ0n) is 12.1. The number of amides is 1. The molecule has 0 spiro atoms. The summed E-state index contributed by atoms with van der Waals surface area (Å²) in [7, 11) is 2.01. The van der Waals surface area contributed by atoms with Crippen molar-refractivity contribution in [1.82, 2.24) is 15.1 Å². The van der Waals surface area contributed by atoms with E-state index in [0.717, 1.165) is 32.6 Å². The van der Waals surface area contributed by atoms with Crippen LogP contribution in [0.5, 0.6) is 0 Å². The van der Waals surface area contributed by atoms with Crippen LogP contribution >= 0.6 is 11.3 Å². The first-order chi connectivity index (χ1) is 9.76. The number of piperidine rings is 1. The maximum Gasteiger partial charge on any atom is 0.237 e. The molecular formula is C15H23N3OS. The molecule has 1 aromatic rings. The van der Waals surface area contributed by atoms with E-state index in [1.807, 2.05) is 23.3 Å². The van der Waals surface area contributed by atoms with Gasteiger partial charge in [-0.1, -0.05) is 0 Å². The lowest BCUT2D eigenvalue weighted by molar-refractivity contribution is -0.133. The maximum absolute atomic E-state index is 12.5. The number of hydrogen-bond acceptors (Lipinski definition) is 4. The Balaban J connectivity index is 1.55. The second kappa shape index (κ2) is 6.24. The number of hydrogen-bond donors (Lipinski definition) is 1. The van der Waals surface area contributed by atoms with Crippen LogP contribution in [0.1, 0.15) is 23.3 Å². The monoisotopic (exact) mass is 293 g/mol. The average molecular weight is 293 g/mol. The van der Waals surface area contributed by atoms with Gasteiger partial charge in [-0.2, -0.15) is 0 Å². The van der Waals surface area contributed by atoms with Crippen LogP contribution in [-0.2, 0) is 17.8 Å². The molecule has 0 aliphatic carbocycles. The molecule has 110 valence electrons. The van der Waals surface area contributed by atoms with Crippen LogP contribution in [0.4, 0.5) is 0 Å². The number of carbonyl (C=O) groups is 1. The molecular weight excluding hydrogens is 270 g/mol. The Kier molecular flexibility index (Phi) is 4.38. The normalized spacial score (nSPS) is 23.6. The predicted molar refractivity (Wildman–Crippen MR) is 82.0 cm³/mol. The number of carbonyl (C=O) groups excluding carboxylic acids is 1. The Hall–Kier alpha value is -0.910. The number of thiophene rings is 1. The fourth-order valence-electron chi connectivity index (χ4n) is 3.19. The molecule has 1 saturated heterocycles. The van der Waals surface area contributed by atoms with Gasteiger partial charge in [-0.15, -0.1) is 11.3 Å². The van der Waals surface area contributed by atoms with Gasteiger partial charge in [0.1, 0.15) is 0 Å². The van der Waals surface area contributed by atoms with Crippen LogP contribution in [0.15, 0.2) is 11.4 Å². The minimum atomic E-state index is 0.290. The number of nitrogens with one attached hydrogen (secondary N) is 1. The molecule has 3 heterocycles. The highest BCUT2D eigenvalue weighted by atomic mass is 32.1. The van der Waals surface area contributed by atoms with Crippen LogP contribution in [0, 0.1) is 0 Å². The van der Waals surface area contributed by atoms with Crippen molar-refractivity contribution >= 4 is 17.2 Å². The van der Waals surface area contributed by atoms with Crippen LogP contribution < -0.4 is 5.32 Å². The molecule has 0 bridgehead atoms. The van der Waals surface area contributed by atoms with Crippen LogP contribution in [0.25, 0.3) is 0 Å². The van der Waals surface area contributed by atoms with Crippen LogP contribution in [0.3, 0.4) is 0 Å². The lowest BCUT2D eigenvalue weighted by atomic mass is 10.1. The van der Waals surface area contributed by atoms with Crippen molar-refractivity contribution in [1.29, 1.82) is 0 Å². The third kappa shape index (κ3) is 3.05. The lowest BCUT2D eigenvalue weighted by Crippen LogP contribution is -2.49. The molecule has 1 atom stereocenters. The number of fused-ring (bicyclic) bond motifs is 1. The highest BCUT2D eigenvalue weighted by Crippen LogP contribution is 2.24. The fourth-order valence-corrected chi connectivity index (χ4v) is 4.08. The highest BCUT2D eigenvalue weighted by molar-refractivity contribution is 7.10. The third-order valence-electron chi connectivity index (χ3n) is 4.43. The summed E-state index contributed by atoms with van der Waals surface area (Å²) >= 11 is 1.82. The first-order valence-electron chi connectivity index (χ1n) is 7.49. The van der Waals surface area contributed by atoms with E-state index in [0.29, 0.717) is 18.5 Å². The molecule has 20 heavy (non-hydrogen) atoms. The summed E-state index contributed by atoms with van der Waals surface area (Å²) in [5.74, 6) is 0.290. The van der Waals surface area contributed by atoms with Gasteiger partial charge in [0, 0.05) is 30.6 Å². The first-order valence-corrected chi connectivity index (χ1v) is 8.37. The van der Waals surface area contributed by atoms with Gasteiger partial charge in [-0.05, 0) is 49.9 Å². The van der Waals surface area contributed by atoms with E-state index >= 15 is 0 Å². The number of rotatable bonds is 3. The molecule has 1 N–H and O–H groups in total. The molecule has 3 rings (SSSR count). The lowest BCUT2D eigenvalue weighted by Gasteiger charge is -2.34. The van der Waals surface area contributed by atoms with E-state index in [1.165, 1.54) is 23.3 Å². The van der Waals surface area contributed by atoms with Gasteiger partial charge in [0.2, 0.25) is 5.91 Å². The second-order valence-corrected chi connectivity index (χ2v) is 6.80. The summed E-state index contributed by atoms with van der Waals surface area (Å²) in [5, 5.41) is 5.47. The average Bonchev–Trinajstić information content (AvgIpc) is 2.94. The van der Waals surface area contributed by atoms with Gasteiger partial charge < -0.3 is 10.2 Å². The summed E-state index contributed by atoms with van der Waals surface area (Å²) in [4.78, 5) is 18.2. The van der Waals surface area contributed by atoms with Crippen molar-refractivity contribution in [3.05, 3.63) is 21.9 Å². The van der Waals surface area contributed by atoms with Crippen LogP contribution in [-0.4, -0.2) is 55.0 Å². The predicted octanol–water partition coefficient (Wildman–Crippen LogP) is 1.32. The van der Waals surface area contributed by atoms with Gasteiger partial charge in [0.15, 0.2) is 0 Å². The van der Waals surface area contributed by atoms with Gasteiger partial charge in [-0.3, -0.25) is 9.69 Å². The highest BCUT2D eigenvalue weighted by Gasteiger charge is 2.25. The quantitative estimate of drug-likeness (QED) is 0.913. The molecule has 1 aromatic heterocycles. The second-order valence-electron chi connectivity index (χ2n) is 5.80. The van der Waals surface area contributed by atoms with Crippen molar-refractivity contribution in [3.63, 3.8) is 0 Å². The molecule has 0 saturated carbocycles. The molecule has 5 heteroatoms. The van der Waals surface area contributed by atoms with Crippen molar-refractivity contribution in [2.75, 3.05) is 33.2 Å². The SMILES string of the molecule is CNC1CCCN(CC(=O)N2CCc3sccc3C2)C1. The van der Waals surface area contributed by atoms with E-state index in [4.69, 9.17) is 0 Å². The molecule has 0 radical (unpaired) electrons. The van der Waals surface area contributed by atoms with Crippen molar-refractivity contribution < 1.29 is 4.79 Å². The molecule has 1 fully saturated rings. The summed E-state index contributed by atoms with van der Waals surface area (Å²) in [6.45, 7) is 4.33. The van der Waals surface area contributed by atoms with Gasteiger partial charge in [-0.25, -0.2) is 0 Å². The first kappa shape index (κ1) is 14.0. The fraction of sp³-hybridized carbons (Fsp3) is 0.667. The Morgan fingerprint density at radius 2 is 2.40 bits per heavy atom. The van der Waals surface area contributed by atoms with E-state index in [9.17, 15) is 4.79 Å². The standard InChI is InChI=1S/C15H23N3OS/c1-16-13-3-2-6-17(10-13)11-15(19)18-7-4-14-12(9-18)5-8-20-14/h5,8,13,16H,2-4,6-7,9-11H2,1H3. The minimum Gasteiger partial charge on any atom is -0.337 e. The smallest absolute Gasteiger partial charge is 0.237 e. The molecule has 2 aliphatic rings. The van der Waals surface area contributed by atoms with E-state index < -0.39 is 0 Å². The summed E-state index contributed by atoms with van der Waals surface area (Å²) in [6, 6.07) is 2.71. The summed E-state index contributed by atoms with van der Waals surface area (Å²) in [6.07, 6.45) is 3.44. The third-order valence-corrected chi connectivity index (χ3v) is 5.46. The number of likely N-dealkylation sites (tertiary alicyclic amines) is 1. The topological polar surface area (TPSA) is 35.6 Å². The zero-order valence-corrected chi connectivity index (χ0v) is 12.9. The number of likely N-dealkylation sites (N-methyl/N-ethyl adjacent to an activating group) is 1. The summed E-state index contributed by atoms with van der Waals surface area (Å²) in [5.41, 5.74) is 1.35. The minimum absolute atomic E-state index is 0.290. The van der Waals surface area contributed by atoms with Gasteiger partial charge in [0.05, 0.1) is 6.54 Å². The van der Waals surface area contributed by atoms with Gasteiger partial charge >= 0.3 is 0 Å². The Morgan fingerprint density at radius 3 is 3.25 bits per heavy atom. The largest absolute Gasteiger partial charge is 0.337 e. The molecule has 1 unspecified atom stereocenters. The zero-order chi connectivity index (χ0) is 13.9. The summed E-state index contributed by atoms with van der Waals surface area (Å²) < 4.78 is 0. The van der Waals surface area contributed by atoms with Crippen molar-refractivity contribution in [3.8, 4) is 0 Å². The van der Waals surface area contributed by atoms with E-state index in [1.54, 1.807) is 0 Å². The van der Waals surface area contributed by atoms with E-state index in [-0.39, 0.29) is 0 Å². The maximum atomic E-state index is 12.5. The molecule has 1 amide bonds. The van der Waals surface area contributed by atoms with Crippen LogP contribution in [0.2, 0.25) is 0 Å².